The van der Waals surface area contributed by atoms with Crippen LogP contribution >= 0.6 is 23.2 Å². The Labute approximate surface area is 173 Å². The molecular weight excluding hydrogens is 423 g/mol. The Hall–Kier alpha value is -1.64. The van der Waals surface area contributed by atoms with Crippen molar-refractivity contribution in [3.05, 3.63) is 58.6 Å². The third kappa shape index (κ3) is 3.42. The molecule has 0 N–H and O–H groups in total. The predicted molar refractivity (Wildman–Crippen MR) is 107 cm³/mol. The first kappa shape index (κ1) is 19.7. The van der Waals surface area contributed by atoms with E-state index in [0.29, 0.717) is 28.7 Å². The molecule has 0 aromatic heterocycles. The van der Waals surface area contributed by atoms with E-state index in [1.165, 1.54) is 28.6 Å². The lowest BCUT2D eigenvalue weighted by molar-refractivity contribution is -0.147. The van der Waals surface area contributed by atoms with Gasteiger partial charge in [0.2, 0.25) is 10.0 Å². The van der Waals surface area contributed by atoms with Gasteiger partial charge < -0.3 is 9.64 Å². The fourth-order valence-corrected chi connectivity index (χ4v) is 5.33. The maximum absolute atomic E-state index is 13.2. The van der Waals surface area contributed by atoms with Crippen molar-refractivity contribution in [1.82, 2.24) is 4.31 Å². The van der Waals surface area contributed by atoms with E-state index in [0.717, 1.165) is 0 Å². The van der Waals surface area contributed by atoms with E-state index < -0.39 is 15.6 Å². The van der Waals surface area contributed by atoms with E-state index in [4.69, 9.17) is 27.9 Å². The molecule has 2 heterocycles. The van der Waals surface area contributed by atoms with E-state index in [9.17, 15) is 13.2 Å². The van der Waals surface area contributed by atoms with Crippen LogP contribution in [0.15, 0.2) is 53.4 Å². The van der Waals surface area contributed by atoms with Crippen molar-refractivity contribution < 1.29 is 17.9 Å². The summed E-state index contributed by atoms with van der Waals surface area (Å²) in [6.07, 6.45) is 0.418. The van der Waals surface area contributed by atoms with Crippen LogP contribution in [0, 0.1) is 0 Å². The first-order valence-corrected chi connectivity index (χ1v) is 11.0. The summed E-state index contributed by atoms with van der Waals surface area (Å²) < 4.78 is 33.2. The number of carbonyl (C=O) groups excluding carboxylic acids is 1. The number of rotatable bonds is 3. The number of morpholine rings is 1. The standard InChI is InChI=1S/C19H18Cl2N2O4S/c20-14-1-5-16(6-2-14)23-10-9-19(18(23)24)13-22(11-12-27-19)28(25,26)17-7-3-15(21)4-8-17/h1-8H,9-13H2. The fraction of sp³-hybridized carbons (Fsp3) is 0.316. The van der Waals surface area contributed by atoms with Crippen molar-refractivity contribution in [3.8, 4) is 0 Å². The van der Waals surface area contributed by atoms with Crippen LogP contribution in [-0.2, 0) is 19.6 Å². The number of amides is 1. The topological polar surface area (TPSA) is 66.9 Å². The average molecular weight is 441 g/mol. The normalized spacial score (nSPS) is 23.5. The Morgan fingerprint density at radius 1 is 0.929 bits per heavy atom. The molecule has 0 saturated carbocycles. The van der Waals surface area contributed by atoms with Crippen LogP contribution in [0.1, 0.15) is 6.42 Å². The monoisotopic (exact) mass is 440 g/mol. The molecule has 0 aliphatic carbocycles. The van der Waals surface area contributed by atoms with Gasteiger partial charge in [-0.3, -0.25) is 4.79 Å². The molecule has 2 aliphatic heterocycles. The van der Waals surface area contributed by atoms with Gasteiger partial charge in [-0.2, -0.15) is 4.31 Å². The lowest BCUT2D eigenvalue weighted by Crippen LogP contribution is -2.57. The molecule has 28 heavy (non-hydrogen) atoms. The molecular formula is C19H18Cl2N2O4S. The second-order valence-electron chi connectivity index (χ2n) is 6.82. The minimum Gasteiger partial charge on any atom is -0.362 e. The number of halogens is 2. The number of nitrogens with zero attached hydrogens (tertiary/aromatic N) is 2. The summed E-state index contributed by atoms with van der Waals surface area (Å²) in [5.41, 5.74) is -0.454. The van der Waals surface area contributed by atoms with Crippen molar-refractivity contribution in [2.45, 2.75) is 16.9 Å². The minimum absolute atomic E-state index is 0.0130. The molecule has 2 saturated heterocycles. The van der Waals surface area contributed by atoms with Gasteiger partial charge in [0.05, 0.1) is 18.0 Å². The molecule has 4 rings (SSSR count). The summed E-state index contributed by atoms with van der Waals surface area (Å²) in [5, 5.41) is 1.04. The first-order valence-electron chi connectivity index (χ1n) is 8.79. The number of ether oxygens (including phenoxy) is 1. The van der Waals surface area contributed by atoms with Gasteiger partial charge in [0.15, 0.2) is 5.60 Å². The highest BCUT2D eigenvalue weighted by Crippen LogP contribution is 2.35. The maximum Gasteiger partial charge on any atom is 0.260 e. The van der Waals surface area contributed by atoms with E-state index in [1.807, 2.05) is 0 Å². The Balaban J connectivity index is 1.59. The summed E-state index contributed by atoms with van der Waals surface area (Å²) in [4.78, 5) is 14.9. The second-order valence-corrected chi connectivity index (χ2v) is 9.63. The SMILES string of the molecule is O=C1N(c2ccc(Cl)cc2)CCC12CN(S(=O)(=O)c1ccc(Cl)cc1)CCO2. The van der Waals surface area contributed by atoms with Gasteiger partial charge in [-0.05, 0) is 48.5 Å². The van der Waals surface area contributed by atoms with Crippen LogP contribution in [0.3, 0.4) is 0 Å². The molecule has 1 spiro atoms. The van der Waals surface area contributed by atoms with Crippen LogP contribution in [-0.4, -0.2) is 50.5 Å². The smallest absolute Gasteiger partial charge is 0.260 e. The summed E-state index contributed by atoms with van der Waals surface area (Å²) in [6.45, 7) is 0.796. The number of benzene rings is 2. The van der Waals surface area contributed by atoms with E-state index >= 15 is 0 Å². The molecule has 9 heteroatoms. The van der Waals surface area contributed by atoms with Gasteiger partial charge in [-0.15, -0.1) is 0 Å². The molecule has 148 valence electrons. The van der Waals surface area contributed by atoms with Gasteiger partial charge in [0, 0.05) is 35.2 Å². The van der Waals surface area contributed by atoms with Crippen LogP contribution in [0.4, 0.5) is 5.69 Å². The molecule has 2 fully saturated rings. The second kappa shape index (κ2) is 7.31. The van der Waals surface area contributed by atoms with Gasteiger partial charge >= 0.3 is 0 Å². The number of anilines is 1. The zero-order chi connectivity index (χ0) is 19.9. The van der Waals surface area contributed by atoms with E-state index in [1.54, 1.807) is 29.2 Å². The van der Waals surface area contributed by atoms with E-state index in [-0.39, 0.29) is 30.5 Å². The molecule has 1 amide bonds. The zero-order valence-corrected chi connectivity index (χ0v) is 17.2. The van der Waals surface area contributed by atoms with Crippen LogP contribution in [0.2, 0.25) is 10.0 Å². The summed E-state index contributed by atoms with van der Waals surface area (Å²) in [5.74, 6) is -0.231. The van der Waals surface area contributed by atoms with Crippen LogP contribution in [0.5, 0.6) is 0 Å². The summed E-state index contributed by atoms with van der Waals surface area (Å²) >= 11 is 11.8. The third-order valence-corrected chi connectivity index (χ3v) is 7.48. The molecule has 2 aromatic rings. The Morgan fingerprint density at radius 2 is 1.54 bits per heavy atom. The lowest BCUT2D eigenvalue weighted by atomic mass is 10.0. The molecule has 2 aromatic carbocycles. The van der Waals surface area contributed by atoms with Crippen molar-refractivity contribution in [2.75, 3.05) is 31.1 Å². The number of carbonyl (C=O) groups is 1. The quantitative estimate of drug-likeness (QED) is 0.734. The molecule has 0 bridgehead atoms. The molecule has 1 atom stereocenters. The van der Waals surface area contributed by atoms with E-state index in [2.05, 4.69) is 0 Å². The predicted octanol–water partition coefficient (Wildman–Crippen LogP) is 3.19. The fourth-order valence-electron chi connectivity index (χ4n) is 3.61. The van der Waals surface area contributed by atoms with Crippen LogP contribution in [0.25, 0.3) is 0 Å². The maximum atomic E-state index is 13.2. The van der Waals surface area contributed by atoms with Crippen molar-refractivity contribution in [1.29, 1.82) is 0 Å². The highest BCUT2D eigenvalue weighted by atomic mass is 35.5. The Kier molecular flexibility index (Phi) is 5.14. The largest absolute Gasteiger partial charge is 0.362 e. The highest BCUT2D eigenvalue weighted by Gasteiger charge is 2.52. The van der Waals surface area contributed by atoms with Gasteiger partial charge in [0.1, 0.15) is 0 Å². The number of sulfonamides is 1. The lowest BCUT2D eigenvalue weighted by Gasteiger charge is -2.38. The van der Waals surface area contributed by atoms with Gasteiger partial charge in [-0.1, -0.05) is 23.2 Å². The zero-order valence-electron chi connectivity index (χ0n) is 14.8. The highest BCUT2D eigenvalue weighted by molar-refractivity contribution is 7.89. The van der Waals surface area contributed by atoms with Crippen molar-refractivity contribution in [3.63, 3.8) is 0 Å². The Bertz CT molecular complexity index is 996. The summed E-state index contributed by atoms with van der Waals surface area (Å²) in [7, 11) is -3.75. The third-order valence-electron chi connectivity index (χ3n) is 5.11. The van der Waals surface area contributed by atoms with Gasteiger partial charge in [-0.25, -0.2) is 8.42 Å². The Morgan fingerprint density at radius 3 is 2.18 bits per heavy atom. The number of hydrogen-bond donors (Lipinski definition) is 0. The summed E-state index contributed by atoms with van der Waals surface area (Å²) in [6, 6.07) is 13.0. The van der Waals surface area contributed by atoms with Gasteiger partial charge in [0.25, 0.3) is 5.91 Å². The minimum atomic E-state index is -3.75. The first-order chi connectivity index (χ1) is 13.3. The van der Waals surface area contributed by atoms with Crippen LogP contribution < -0.4 is 4.90 Å². The van der Waals surface area contributed by atoms with Crippen molar-refractivity contribution >= 4 is 44.8 Å². The molecule has 0 radical (unpaired) electrons. The number of hydrogen-bond acceptors (Lipinski definition) is 4. The average Bonchev–Trinajstić information content (AvgIpc) is 2.99. The molecule has 1 unspecified atom stereocenters. The molecule has 2 aliphatic rings. The van der Waals surface area contributed by atoms with Crippen molar-refractivity contribution in [2.24, 2.45) is 0 Å². The molecule has 6 nitrogen and oxygen atoms in total.